The van der Waals surface area contributed by atoms with Crippen molar-refractivity contribution in [2.75, 3.05) is 18.0 Å². The van der Waals surface area contributed by atoms with E-state index >= 15 is 0 Å². The van der Waals surface area contributed by atoms with Gasteiger partial charge in [0.15, 0.2) is 5.82 Å². The molecule has 2 rings (SSSR count). The van der Waals surface area contributed by atoms with E-state index in [1.807, 2.05) is 0 Å². The van der Waals surface area contributed by atoms with E-state index in [1.54, 1.807) is 0 Å². The molecule has 84 valence electrons. The first-order valence-electron chi connectivity index (χ1n) is 5.65. The van der Waals surface area contributed by atoms with Crippen molar-refractivity contribution in [2.24, 2.45) is 0 Å². The number of H-pyrrole nitrogens is 1. The van der Waals surface area contributed by atoms with Crippen molar-refractivity contribution in [3.8, 4) is 0 Å². The van der Waals surface area contributed by atoms with E-state index in [9.17, 15) is 5.11 Å². The molecule has 1 aromatic rings. The Balaban J connectivity index is 2.03. The number of aromatic nitrogens is 2. The van der Waals surface area contributed by atoms with Gasteiger partial charge < -0.3 is 10.0 Å². The highest BCUT2D eigenvalue weighted by atomic mass is 16.3. The smallest absolute Gasteiger partial charge is 0.150 e. The lowest BCUT2D eigenvalue weighted by Gasteiger charge is -2.29. The van der Waals surface area contributed by atoms with Crippen LogP contribution < -0.4 is 4.90 Å². The Morgan fingerprint density at radius 2 is 2.13 bits per heavy atom. The van der Waals surface area contributed by atoms with E-state index in [0.29, 0.717) is 5.92 Å². The minimum atomic E-state index is -0.121. The van der Waals surface area contributed by atoms with E-state index < -0.39 is 0 Å². The summed E-state index contributed by atoms with van der Waals surface area (Å²) in [4.78, 5) is 2.23. The van der Waals surface area contributed by atoms with Crippen LogP contribution in [0.1, 0.15) is 38.3 Å². The summed E-state index contributed by atoms with van der Waals surface area (Å²) in [5.41, 5.74) is 1.18. The van der Waals surface area contributed by atoms with Gasteiger partial charge in [0.2, 0.25) is 0 Å². The maximum Gasteiger partial charge on any atom is 0.150 e. The molecule has 1 saturated heterocycles. The van der Waals surface area contributed by atoms with E-state index in [1.165, 1.54) is 5.69 Å². The molecule has 4 nitrogen and oxygen atoms in total. The Morgan fingerprint density at radius 1 is 1.47 bits per heavy atom. The zero-order valence-corrected chi connectivity index (χ0v) is 9.40. The summed E-state index contributed by atoms with van der Waals surface area (Å²) in [5.74, 6) is 1.51. The van der Waals surface area contributed by atoms with E-state index in [-0.39, 0.29) is 6.10 Å². The predicted molar refractivity (Wildman–Crippen MR) is 60.1 cm³/mol. The molecular weight excluding hydrogens is 190 g/mol. The molecule has 0 amide bonds. The highest BCUT2D eigenvalue weighted by Gasteiger charge is 2.19. The third kappa shape index (κ3) is 2.31. The SMILES string of the molecule is CC(C)c1cc(N2CCC(O)CC2)n[nH]1. The van der Waals surface area contributed by atoms with E-state index in [4.69, 9.17) is 0 Å². The average Bonchev–Trinajstić information content (AvgIpc) is 2.68. The first kappa shape index (κ1) is 10.5. The zero-order chi connectivity index (χ0) is 10.8. The van der Waals surface area contributed by atoms with Crippen LogP contribution in [0.25, 0.3) is 0 Å². The molecule has 0 spiro atoms. The monoisotopic (exact) mass is 209 g/mol. The molecule has 15 heavy (non-hydrogen) atoms. The third-order valence-electron chi connectivity index (χ3n) is 2.99. The Hall–Kier alpha value is -1.03. The fourth-order valence-electron chi connectivity index (χ4n) is 1.88. The van der Waals surface area contributed by atoms with Gasteiger partial charge in [-0.1, -0.05) is 13.8 Å². The van der Waals surface area contributed by atoms with Crippen LogP contribution in [-0.4, -0.2) is 34.5 Å². The lowest BCUT2D eigenvalue weighted by Crippen LogP contribution is -2.35. The van der Waals surface area contributed by atoms with Crippen LogP contribution >= 0.6 is 0 Å². The Bertz CT molecular complexity index is 313. The largest absolute Gasteiger partial charge is 0.393 e. The second kappa shape index (κ2) is 4.23. The predicted octanol–water partition coefficient (Wildman–Crippen LogP) is 1.49. The van der Waals surface area contributed by atoms with Gasteiger partial charge in [0.05, 0.1) is 6.10 Å². The maximum absolute atomic E-state index is 9.41. The standard InChI is InChI=1S/C11H19N3O/c1-8(2)10-7-11(13-12-10)14-5-3-9(15)4-6-14/h7-9,15H,3-6H2,1-2H3,(H,12,13). The molecule has 1 aliphatic heterocycles. The number of hydrogen-bond acceptors (Lipinski definition) is 3. The van der Waals surface area contributed by atoms with Gasteiger partial charge in [0.1, 0.15) is 0 Å². The van der Waals surface area contributed by atoms with Gasteiger partial charge in [-0.25, -0.2) is 0 Å². The van der Waals surface area contributed by atoms with Crippen molar-refractivity contribution in [2.45, 2.75) is 38.7 Å². The summed E-state index contributed by atoms with van der Waals surface area (Å²) in [7, 11) is 0. The van der Waals surface area contributed by atoms with Crippen molar-refractivity contribution in [3.63, 3.8) is 0 Å². The van der Waals surface area contributed by atoms with Crippen LogP contribution in [-0.2, 0) is 0 Å². The molecule has 0 aliphatic carbocycles. The summed E-state index contributed by atoms with van der Waals surface area (Å²) >= 11 is 0. The van der Waals surface area contributed by atoms with Gasteiger partial charge in [-0.05, 0) is 18.8 Å². The second-order valence-electron chi connectivity index (χ2n) is 4.55. The molecule has 1 aliphatic rings. The summed E-state index contributed by atoms with van der Waals surface area (Å²) < 4.78 is 0. The van der Waals surface area contributed by atoms with Gasteiger partial charge in [0.25, 0.3) is 0 Å². The van der Waals surface area contributed by atoms with Crippen LogP contribution in [0.2, 0.25) is 0 Å². The van der Waals surface area contributed by atoms with Crippen LogP contribution in [0.15, 0.2) is 6.07 Å². The lowest BCUT2D eigenvalue weighted by molar-refractivity contribution is 0.145. The molecule has 0 radical (unpaired) electrons. The molecule has 2 heterocycles. The highest BCUT2D eigenvalue weighted by Crippen LogP contribution is 2.21. The van der Waals surface area contributed by atoms with Crippen molar-refractivity contribution in [1.29, 1.82) is 0 Å². The van der Waals surface area contributed by atoms with Crippen LogP contribution in [0.4, 0.5) is 5.82 Å². The van der Waals surface area contributed by atoms with Crippen molar-refractivity contribution in [1.82, 2.24) is 10.2 Å². The van der Waals surface area contributed by atoms with E-state index in [0.717, 1.165) is 31.7 Å². The number of hydrogen-bond donors (Lipinski definition) is 2. The molecule has 0 aromatic carbocycles. The summed E-state index contributed by atoms with van der Waals surface area (Å²) in [6, 6.07) is 2.11. The number of nitrogens with one attached hydrogen (secondary N) is 1. The van der Waals surface area contributed by atoms with Gasteiger partial charge in [0, 0.05) is 24.8 Å². The maximum atomic E-state index is 9.41. The molecule has 0 unspecified atom stereocenters. The third-order valence-corrected chi connectivity index (χ3v) is 2.99. The average molecular weight is 209 g/mol. The van der Waals surface area contributed by atoms with Gasteiger partial charge in [-0.2, -0.15) is 5.10 Å². The first-order chi connectivity index (χ1) is 7.16. The number of aliphatic hydroxyl groups is 1. The quantitative estimate of drug-likeness (QED) is 0.776. The Kier molecular flexibility index (Phi) is 2.95. The van der Waals surface area contributed by atoms with Crippen LogP contribution in [0.5, 0.6) is 0 Å². The number of anilines is 1. The molecule has 1 aromatic heterocycles. The first-order valence-corrected chi connectivity index (χ1v) is 5.65. The van der Waals surface area contributed by atoms with Crippen LogP contribution in [0.3, 0.4) is 0 Å². The fourth-order valence-corrected chi connectivity index (χ4v) is 1.88. The molecular formula is C11H19N3O. The summed E-state index contributed by atoms with van der Waals surface area (Å²) in [5, 5.41) is 16.8. The number of aromatic amines is 1. The Labute approximate surface area is 90.3 Å². The number of aliphatic hydroxyl groups excluding tert-OH is 1. The van der Waals surface area contributed by atoms with Gasteiger partial charge in [-0.15, -0.1) is 0 Å². The van der Waals surface area contributed by atoms with Crippen molar-refractivity contribution < 1.29 is 5.11 Å². The minimum absolute atomic E-state index is 0.121. The van der Waals surface area contributed by atoms with Crippen LogP contribution in [0, 0.1) is 0 Å². The Morgan fingerprint density at radius 3 is 2.67 bits per heavy atom. The number of rotatable bonds is 2. The second-order valence-corrected chi connectivity index (χ2v) is 4.55. The molecule has 0 saturated carbocycles. The lowest BCUT2D eigenvalue weighted by atomic mass is 10.1. The summed E-state index contributed by atoms with van der Waals surface area (Å²) in [6.07, 6.45) is 1.58. The number of piperidine rings is 1. The zero-order valence-electron chi connectivity index (χ0n) is 9.40. The molecule has 4 heteroatoms. The molecule has 0 atom stereocenters. The molecule has 1 fully saturated rings. The summed E-state index contributed by atoms with van der Waals surface area (Å²) in [6.45, 7) is 6.11. The molecule has 2 N–H and O–H groups in total. The topological polar surface area (TPSA) is 52.1 Å². The van der Waals surface area contributed by atoms with Gasteiger partial charge in [-0.3, -0.25) is 5.10 Å². The fraction of sp³-hybridized carbons (Fsp3) is 0.727. The van der Waals surface area contributed by atoms with Gasteiger partial charge >= 0.3 is 0 Å². The normalized spacial score (nSPS) is 18.8. The highest BCUT2D eigenvalue weighted by molar-refractivity contribution is 5.40. The van der Waals surface area contributed by atoms with E-state index in [2.05, 4.69) is 35.0 Å². The molecule has 0 bridgehead atoms. The number of nitrogens with zero attached hydrogens (tertiary/aromatic N) is 2. The van der Waals surface area contributed by atoms with Crippen molar-refractivity contribution >= 4 is 5.82 Å². The van der Waals surface area contributed by atoms with Crippen molar-refractivity contribution in [3.05, 3.63) is 11.8 Å². The minimum Gasteiger partial charge on any atom is -0.393 e.